The summed E-state index contributed by atoms with van der Waals surface area (Å²) in [5.41, 5.74) is 0.583. The molecule has 1 aromatic heterocycles. The Morgan fingerprint density at radius 3 is 2.12 bits per heavy atom. The quantitative estimate of drug-likeness (QED) is 0.784. The van der Waals surface area contributed by atoms with Gasteiger partial charge in [0.25, 0.3) is 5.56 Å². The van der Waals surface area contributed by atoms with Crippen LogP contribution >= 0.6 is 0 Å². The Hall–Kier alpha value is -2.19. The van der Waals surface area contributed by atoms with Crippen LogP contribution in [0.15, 0.2) is 44.9 Å². The largest absolute Gasteiger partial charge is 0.330 e. The van der Waals surface area contributed by atoms with Gasteiger partial charge in [-0.3, -0.25) is 9.36 Å². The molecular formula is C16H21N3O4S. The summed E-state index contributed by atoms with van der Waals surface area (Å²) in [5, 5.41) is 0. The Morgan fingerprint density at radius 1 is 1.04 bits per heavy atom. The fourth-order valence-corrected chi connectivity index (χ4v) is 3.65. The first-order valence-corrected chi connectivity index (χ1v) is 8.93. The van der Waals surface area contributed by atoms with Crippen molar-refractivity contribution in [1.29, 1.82) is 0 Å². The smallest absolute Gasteiger partial charge is 0.302 e. The molecule has 2 rings (SSSR count). The molecule has 0 saturated carbocycles. The summed E-state index contributed by atoms with van der Waals surface area (Å²) in [5.74, 6) is 0. The molecule has 0 saturated heterocycles. The van der Waals surface area contributed by atoms with Crippen molar-refractivity contribution < 1.29 is 8.42 Å². The van der Waals surface area contributed by atoms with Crippen molar-refractivity contribution in [1.82, 2.24) is 13.4 Å². The first-order chi connectivity index (χ1) is 11.2. The summed E-state index contributed by atoms with van der Waals surface area (Å²) in [7, 11) is 0.0694. The minimum Gasteiger partial charge on any atom is -0.302 e. The zero-order valence-corrected chi connectivity index (χ0v) is 15.0. The van der Waals surface area contributed by atoms with Crippen LogP contribution in [0.2, 0.25) is 0 Å². The molecule has 7 nitrogen and oxygen atoms in total. The Morgan fingerprint density at radius 2 is 1.58 bits per heavy atom. The molecule has 2 aromatic rings. The van der Waals surface area contributed by atoms with Crippen molar-refractivity contribution in [2.24, 2.45) is 14.1 Å². The molecule has 24 heavy (non-hydrogen) atoms. The molecule has 0 atom stereocenters. The standard InChI is InChI=1S/C16H21N3O4S/c1-5-12-6-8-13(9-7-12)10-18(3)24(22,23)14-11-17(2)16(21)19(4)15(14)20/h6-9,11H,5,10H2,1-4H3. The van der Waals surface area contributed by atoms with E-state index in [9.17, 15) is 18.0 Å². The highest BCUT2D eigenvalue weighted by Crippen LogP contribution is 2.14. The molecule has 0 spiro atoms. The lowest BCUT2D eigenvalue weighted by atomic mass is 10.1. The molecule has 1 heterocycles. The van der Waals surface area contributed by atoms with Crippen LogP contribution in [0.25, 0.3) is 0 Å². The minimum atomic E-state index is -4.01. The van der Waals surface area contributed by atoms with Crippen molar-refractivity contribution in [2.75, 3.05) is 7.05 Å². The maximum absolute atomic E-state index is 12.7. The Balaban J connectivity index is 2.39. The van der Waals surface area contributed by atoms with Crippen molar-refractivity contribution in [3.8, 4) is 0 Å². The van der Waals surface area contributed by atoms with Gasteiger partial charge in [0.1, 0.15) is 0 Å². The molecule has 0 fully saturated rings. The van der Waals surface area contributed by atoms with Crippen LogP contribution in [0.4, 0.5) is 0 Å². The van der Waals surface area contributed by atoms with Crippen molar-refractivity contribution in [3.63, 3.8) is 0 Å². The van der Waals surface area contributed by atoms with E-state index in [1.807, 2.05) is 31.2 Å². The molecule has 1 aromatic carbocycles. The van der Waals surface area contributed by atoms with Gasteiger partial charge in [0.05, 0.1) is 0 Å². The predicted molar refractivity (Wildman–Crippen MR) is 91.4 cm³/mol. The van der Waals surface area contributed by atoms with Crippen LogP contribution in [-0.2, 0) is 37.1 Å². The number of nitrogens with zero attached hydrogens (tertiary/aromatic N) is 3. The third-order valence-corrected chi connectivity index (χ3v) is 5.73. The van der Waals surface area contributed by atoms with E-state index in [1.165, 1.54) is 21.1 Å². The monoisotopic (exact) mass is 351 g/mol. The summed E-state index contributed by atoms with van der Waals surface area (Å²) < 4.78 is 28.4. The van der Waals surface area contributed by atoms with Gasteiger partial charge in [0.15, 0.2) is 4.90 Å². The van der Waals surface area contributed by atoms with Gasteiger partial charge in [-0.2, -0.15) is 4.31 Å². The van der Waals surface area contributed by atoms with Gasteiger partial charge in [-0.25, -0.2) is 13.2 Å². The number of benzene rings is 1. The highest BCUT2D eigenvalue weighted by atomic mass is 32.2. The Labute approximate surface area is 140 Å². The number of aromatic nitrogens is 2. The molecule has 0 bridgehead atoms. The van der Waals surface area contributed by atoms with Gasteiger partial charge < -0.3 is 4.57 Å². The van der Waals surface area contributed by atoms with Crippen LogP contribution in [0, 0.1) is 0 Å². The molecule has 0 radical (unpaired) electrons. The second-order valence-electron chi connectivity index (χ2n) is 5.68. The molecule has 8 heteroatoms. The first-order valence-electron chi connectivity index (χ1n) is 7.49. The predicted octanol–water partition coefficient (Wildman–Crippen LogP) is 0.467. The second-order valence-corrected chi connectivity index (χ2v) is 7.70. The third kappa shape index (κ3) is 3.34. The van der Waals surface area contributed by atoms with Crippen LogP contribution < -0.4 is 11.2 Å². The van der Waals surface area contributed by atoms with E-state index in [2.05, 4.69) is 0 Å². The average molecular weight is 351 g/mol. The van der Waals surface area contributed by atoms with Crippen LogP contribution in [-0.4, -0.2) is 28.9 Å². The van der Waals surface area contributed by atoms with Crippen molar-refractivity contribution in [3.05, 3.63) is 62.4 Å². The van der Waals surface area contributed by atoms with E-state index in [-0.39, 0.29) is 6.54 Å². The number of aryl methyl sites for hydroxylation is 2. The fourth-order valence-electron chi connectivity index (χ4n) is 2.34. The first kappa shape index (κ1) is 18.2. The van der Waals surface area contributed by atoms with E-state index in [0.717, 1.165) is 37.2 Å². The average Bonchev–Trinajstić information content (AvgIpc) is 2.56. The van der Waals surface area contributed by atoms with Gasteiger partial charge in [-0.15, -0.1) is 0 Å². The summed E-state index contributed by atoms with van der Waals surface area (Å²) in [6.07, 6.45) is 1.97. The Bertz CT molecular complexity index is 956. The number of hydrogen-bond donors (Lipinski definition) is 0. The fraction of sp³-hybridized carbons (Fsp3) is 0.375. The van der Waals surface area contributed by atoms with Gasteiger partial charge >= 0.3 is 5.69 Å². The second kappa shape index (κ2) is 6.74. The van der Waals surface area contributed by atoms with Gasteiger partial charge in [-0.1, -0.05) is 31.2 Å². The lowest BCUT2D eigenvalue weighted by Gasteiger charge is -2.18. The Kier molecular flexibility index (Phi) is 5.10. The molecule has 0 aliphatic carbocycles. The molecule has 130 valence electrons. The maximum Gasteiger partial charge on any atom is 0.330 e. The summed E-state index contributed by atoms with van der Waals surface area (Å²) >= 11 is 0. The van der Waals surface area contributed by atoms with Crippen LogP contribution in [0.3, 0.4) is 0 Å². The molecule has 0 aliphatic heterocycles. The van der Waals surface area contributed by atoms with Crippen LogP contribution in [0.5, 0.6) is 0 Å². The zero-order chi connectivity index (χ0) is 18.1. The van der Waals surface area contributed by atoms with Crippen molar-refractivity contribution in [2.45, 2.75) is 24.8 Å². The molecule has 0 amide bonds. The van der Waals surface area contributed by atoms with E-state index in [4.69, 9.17) is 0 Å². The van der Waals surface area contributed by atoms with Gasteiger partial charge in [-0.05, 0) is 17.5 Å². The van der Waals surface area contributed by atoms with E-state index < -0.39 is 26.2 Å². The summed E-state index contributed by atoms with van der Waals surface area (Å²) in [6.45, 7) is 2.18. The van der Waals surface area contributed by atoms with Gasteiger partial charge in [0, 0.05) is 33.9 Å². The molecular weight excluding hydrogens is 330 g/mol. The lowest BCUT2D eigenvalue weighted by Crippen LogP contribution is -2.41. The third-order valence-electron chi connectivity index (χ3n) is 3.94. The number of rotatable bonds is 5. The number of sulfonamides is 1. The SMILES string of the molecule is CCc1ccc(CN(C)S(=O)(=O)c2cn(C)c(=O)n(C)c2=O)cc1. The zero-order valence-electron chi connectivity index (χ0n) is 14.2. The molecule has 0 unspecified atom stereocenters. The van der Waals surface area contributed by atoms with Gasteiger partial charge in [0.2, 0.25) is 10.0 Å². The molecule has 0 N–H and O–H groups in total. The summed E-state index contributed by atoms with van der Waals surface area (Å²) in [4.78, 5) is 23.5. The number of hydrogen-bond acceptors (Lipinski definition) is 4. The maximum atomic E-state index is 12.7. The topological polar surface area (TPSA) is 81.4 Å². The van der Waals surface area contributed by atoms with Crippen molar-refractivity contribution >= 4 is 10.0 Å². The highest BCUT2D eigenvalue weighted by Gasteiger charge is 2.26. The van der Waals surface area contributed by atoms with E-state index >= 15 is 0 Å². The molecule has 0 aliphatic rings. The minimum absolute atomic E-state index is 0.137. The lowest BCUT2D eigenvalue weighted by molar-refractivity contribution is 0.462. The van der Waals surface area contributed by atoms with E-state index in [1.54, 1.807) is 0 Å². The summed E-state index contributed by atoms with van der Waals surface area (Å²) in [6, 6.07) is 7.62. The van der Waals surface area contributed by atoms with Crippen LogP contribution in [0.1, 0.15) is 18.1 Å². The normalized spacial score (nSPS) is 11.9. The van der Waals surface area contributed by atoms with E-state index in [0.29, 0.717) is 0 Å². The highest BCUT2D eigenvalue weighted by molar-refractivity contribution is 7.89.